The zero-order valence-electron chi connectivity index (χ0n) is 8.63. The standard InChI is InChI=1S/C11H10Cl2N2S/c1-3-6(2)15-10-5-8(13)7(12)4-9(10)14-11(15)16/h3-6H,1H2,2H3,(H,14,16). The Kier molecular flexibility index (Phi) is 3.10. The number of benzene rings is 1. The van der Waals surface area contributed by atoms with Gasteiger partial charge in [0.15, 0.2) is 4.77 Å². The summed E-state index contributed by atoms with van der Waals surface area (Å²) in [6.07, 6.45) is 1.82. The molecule has 84 valence electrons. The molecule has 0 aliphatic carbocycles. The normalized spacial score (nSPS) is 12.9. The molecule has 0 aliphatic rings. The van der Waals surface area contributed by atoms with Crippen LogP contribution >= 0.6 is 35.4 Å². The molecule has 1 aromatic carbocycles. The largest absolute Gasteiger partial charge is 0.331 e. The number of aromatic amines is 1. The van der Waals surface area contributed by atoms with Crippen LogP contribution in [0.1, 0.15) is 13.0 Å². The Balaban J connectivity index is 2.84. The molecular weight excluding hydrogens is 263 g/mol. The lowest BCUT2D eigenvalue weighted by Gasteiger charge is -2.09. The number of halogens is 2. The topological polar surface area (TPSA) is 20.7 Å². The molecule has 5 heteroatoms. The van der Waals surface area contributed by atoms with Gasteiger partial charge in [0.25, 0.3) is 0 Å². The minimum absolute atomic E-state index is 0.110. The molecule has 0 saturated carbocycles. The van der Waals surface area contributed by atoms with Crippen molar-refractivity contribution in [3.8, 4) is 0 Å². The number of imidazole rings is 1. The molecule has 2 aromatic rings. The fraction of sp³-hybridized carbons (Fsp3) is 0.182. The maximum atomic E-state index is 6.00. The third-order valence-electron chi connectivity index (χ3n) is 2.51. The van der Waals surface area contributed by atoms with Crippen molar-refractivity contribution in [1.82, 2.24) is 9.55 Å². The molecule has 0 radical (unpaired) electrons. The molecule has 0 spiro atoms. The molecule has 2 rings (SSSR count). The van der Waals surface area contributed by atoms with E-state index in [4.69, 9.17) is 35.4 Å². The molecule has 1 unspecified atom stereocenters. The molecule has 0 amide bonds. The number of rotatable bonds is 2. The number of hydrogen-bond donors (Lipinski definition) is 1. The van der Waals surface area contributed by atoms with E-state index in [2.05, 4.69) is 11.6 Å². The molecule has 0 aliphatic heterocycles. The summed E-state index contributed by atoms with van der Waals surface area (Å²) >= 11 is 17.2. The highest BCUT2D eigenvalue weighted by Crippen LogP contribution is 2.29. The Labute approximate surface area is 108 Å². The van der Waals surface area contributed by atoms with Crippen LogP contribution in [0.5, 0.6) is 0 Å². The molecule has 0 fully saturated rings. The summed E-state index contributed by atoms with van der Waals surface area (Å²) in [5, 5.41) is 1.04. The first kappa shape index (κ1) is 11.7. The summed E-state index contributed by atoms with van der Waals surface area (Å²) in [7, 11) is 0. The molecular formula is C11H10Cl2N2S. The maximum absolute atomic E-state index is 6.00. The van der Waals surface area contributed by atoms with Gasteiger partial charge in [-0.05, 0) is 31.3 Å². The lowest BCUT2D eigenvalue weighted by molar-refractivity contribution is 0.673. The third-order valence-corrected chi connectivity index (χ3v) is 3.53. The highest BCUT2D eigenvalue weighted by molar-refractivity contribution is 7.71. The fourth-order valence-electron chi connectivity index (χ4n) is 1.63. The molecule has 16 heavy (non-hydrogen) atoms. The van der Waals surface area contributed by atoms with Crippen molar-refractivity contribution in [2.75, 3.05) is 0 Å². The van der Waals surface area contributed by atoms with Crippen molar-refractivity contribution < 1.29 is 0 Å². The average molecular weight is 273 g/mol. The minimum Gasteiger partial charge on any atom is -0.331 e. The third kappa shape index (κ3) is 1.79. The predicted molar refractivity (Wildman–Crippen MR) is 72.1 cm³/mol. The van der Waals surface area contributed by atoms with Gasteiger partial charge in [-0.2, -0.15) is 0 Å². The van der Waals surface area contributed by atoms with Crippen LogP contribution in [0.2, 0.25) is 10.0 Å². The number of aromatic nitrogens is 2. The number of fused-ring (bicyclic) bond motifs is 1. The van der Waals surface area contributed by atoms with Crippen molar-refractivity contribution in [3.05, 3.63) is 39.6 Å². The van der Waals surface area contributed by atoms with Gasteiger partial charge in [0.1, 0.15) is 0 Å². The summed E-state index contributed by atoms with van der Waals surface area (Å²) in [4.78, 5) is 3.10. The fourth-order valence-corrected chi connectivity index (χ4v) is 2.33. The van der Waals surface area contributed by atoms with Crippen LogP contribution in [0.3, 0.4) is 0 Å². The second-order valence-electron chi connectivity index (χ2n) is 3.56. The zero-order valence-corrected chi connectivity index (χ0v) is 11.0. The molecule has 1 N–H and O–H groups in total. The smallest absolute Gasteiger partial charge is 0.178 e. The monoisotopic (exact) mass is 272 g/mol. The lowest BCUT2D eigenvalue weighted by atomic mass is 10.2. The Morgan fingerprint density at radius 1 is 1.44 bits per heavy atom. The van der Waals surface area contributed by atoms with Crippen LogP contribution in [0, 0.1) is 4.77 Å². The number of hydrogen-bond acceptors (Lipinski definition) is 1. The Bertz CT molecular complexity index is 612. The van der Waals surface area contributed by atoms with Crippen LogP contribution in [-0.2, 0) is 0 Å². The molecule has 1 aromatic heterocycles. The van der Waals surface area contributed by atoms with Gasteiger partial charge in [-0.1, -0.05) is 29.3 Å². The molecule has 0 bridgehead atoms. The van der Waals surface area contributed by atoms with E-state index in [-0.39, 0.29) is 6.04 Å². The average Bonchev–Trinajstić information content (AvgIpc) is 2.54. The van der Waals surface area contributed by atoms with Crippen molar-refractivity contribution in [2.24, 2.45) is 0 Å². The first-order valence-electron chi connectivity index (χ1n) is 4.76. The molecule has 2 nitrogen and oxygen atoms in total. The van der Waals surface area contributed by atoms with E-state index in [1.807, 2.05) is 23.6 Å². The van der Waals surface area contributed by atoms with Gasteiger partial charge in [0.2, 0.25) is 0 Å². The van der Waals surface area contributed by atoms with E-state index in [1.165, 1.54) is 0 Å². The van der Waals surface area contributed by atoms with E-state index in [1.54, 1.807) is 6.07 Å². The van der Waals surface area contributed by atoms with Crippen LogP contribution in [0.15, 0.2) is 24.8 Å². The highest BCUT2D eigenvalue weighted by atomic mass is 35.5. The summed E-state index contributed by atoms with van der Waals surface area (Å²) in [6, 6.07) is 3.70. The molecule has 1 atom stereocenters. The number of H-pyrrole nitrogens is 1. The van der Waals surface area contributed by atoms with Gasteiger partial charge >= 0.3 is 0 Å². The van der Waals surface area contributed by atoms with E-state index >= 15 is 0 Å². The zero-order chi connectivity index (χ0) is 11.9. The van der Waals surface area contributed by atoms with Gasteiger partial charge in [0, 0.05) is 0 Å². The first-order valence-corrected chi connectivity index (χ1v) is 5.93. The van der Waals surface area contributed by atoms with E-state index in [0.29, 0.717) is 14.8 Å². The van der Waals surface area contributed by atoms with Crippen molar-refractivity contribution in [2.45, 2.75) is 13.0 Å². The SMILES string of the molecule is C=CC(C)n1c(=S)[nH]c2cc(Cl)c(Cl)cc21. The van der Waals surface area contributed by atoms with Crippen LogP contribution in [0.4, 0.5) is 0 Å². The molecule has 1 heterocycles. The van der Waals surface area contributed by atoms with E-state index in [9.17, 15) is 0 Å². The van der Waals surface area contributed by atoms with E-state index in [0.717, 1.165) is 11.0 Å². The van der Waals surface area contributed by atoms with Gasteiger partial charge in [-0.15, -0.1) is 6.58 Å². The maximum Gasteiger partial charge on any atom is 0.178 e. The van der Waals surface area contributed by atoms with E-state index < -0.39 is 0 Å². The highest BCUT2D eigenvalue weighted by Gasteiger charge is 2.10. The second-order valence-corrected chi connectivity index (χ2v) is 4.76. The minimum atomic E-state index is 0.110. The summed E-state index contributed by atoms with van der Waals surface area (Å²) in [6.45, 7) is 5.78. The quantitative estimate of drug-likeness (QED) is 0.618. The summed E-state index contributed by atoms with van der Waals surface area (Å²) < 4.78 is 2.60. The summed E-state index contributed by atoms with van der Waals surface area (Å²) in [5.74, 6) is 0. The van der Waals surface area contributed by atoms with Gasteiger partial charge < -0.3 is 9.55 Å². The molecule has 0 saturated heterocycles. The Morgan fingerprint density at radius 2 is 2.06 bits per heavy atom. The van der Waals surface area contributed by atoms with Gasteiger partial charge in [-0.3, -0.25) is 0 Å². The van der Waals surface area contributed by atoms with Crippen LogP contribution in [0.25, 0.3) is 11.0 Å². The van der Waals surface area contributed by atoms with Crippen LogP contribution < -0.4 is 0 Å². The number of allylic oxidation sites excluding steroid dienone is 1. The first-order chi connectivity index (χ1) is 7.54. The Hall–Kier alpha value is -0.770. The van der Waals surface area contributed by atoms with Crippen molar-refractivity contribution in [1.29, 1.82) is 0 Å². The predicted octanol–water partition coefficient (Wildman–Crippen LogP) is 4.75. The summed E-state index contributed by atoms with van der Waals surface area (Å²) in [5.41, 5.74) is 1.82. The second kappa shape index (κ2) is 4.24. The number of nitrogens with one attached hydrogen (secondary N) is 1. The van der Waals surface area contributed by atoms with Gasteiger partial charge in [-0.25, -0.2) is 0 Å². The van der Waals surface area contributed by atoms with Crippen molar-refractivity contribution >= 4 is 46.5 Å². The lowest BCUT2D eigenvalue weighted by Crippen LogP contribution is -2.01. The van der Waals surface area contributed by atoms with Crippen LogP contribution in [-0.4, -0.2) is 9.55 Å². The Morgan fingerprint density at radius 3 is 2.69 bits per heavy atom. The van der Waals surface area contributed by atoms with Gasteiger partial charge in [0.05, 0.1) is 27.1 Å². The van der Waals surface area contributed by atoms with Crippen molar-refractivity contribution in [3.63, 3.8) is 0 Å². The number of nitrogens with zero attached hydrogens (tertiary/aromatic N) is 1.